The van der Waals surface area contributed by atoms with E-state index >= 15 is 0 Å². The third-order valence-corrected chi connectivity index (χ3v) is 2.58. The molecule has 6 nitrogen and oxygen atoms in total. The predicted octanol–water partition coefficient (Wildman–Crippen LogP) is 0.560. The molecular formula is C15H13N3O3. The molecule has 1 aromatic carbocycles. The fourth-order valence-electron chi connectivity index (χ4n) is 1.57. The number of hydrogen-bond acceptors (Lipinski definition) is 4. The van der Waals surface area contributed by atoms with E-state index in [-0.39, 0.29) is 17.8 Å². The molecule has 0 fully saturated rings. The number of H-pyrrole nitrogens is 1. The predicted molar refractivity (Wildman–Crippen MR) is 77.1 cm³/mol. The first-order chi connectivity index (χ1) is 10.2. The quantitative estimate of drug-likeness (QED) is 0.806. The molecule has 0 atom stereocenters. The number of rotatable bonds is 3. The lowest BCUT2D eigenvalue weighted by atomic mass is 10.2. The Kier molecular flexibility index (Phi) is 4.72. The molecule has 0 aliphatic carbocycles. The maximum Gasteiger partial charge on any atom is 0.272 e. The average molecular weight is 283 g/mol. The summed E-state index contributed by atoms with van der Waals surface area (Å²) in [7, 11) is 1.57. The van der Waals surface area contributed by atoms with Crippen LogP contribution in [0.15, 0.2) is 41.2 Å². The van der Waals surface area contributed by atoms with Crippen molar-refractivity contribution in [3.8, 4) is 17.6 Å². The molecule has 106 valence electrons. The van der Waals surface area contributed by atoms with Crippen molar-refractivity contribution in [3.05, 3.63) is 58.0 Å². The fraction of sp³-hybridized carbons (Fsp3) is 0.133. The summed E-state index contributed by atoms with van der Waals surface area (Å²) < 4.78 is 5.17. The van der Waals surface area contributed by atoms with Crippen molar-refractivity contribution >= 4 is 5.91 Å². The number of ether oxygens (including phenoxy) is 1. The number of benzene rings is 1. The molecular weight excluding hydrogens is 270 g/mol. The molecule has 0 saturated heterocycles. The molecule has 0 saturated carbocycles. The van der Waals surface area contributed by atoms with Gasteiger partial charge in [0.15, 0.2) is 0 Å². The SMILES string of the molecule is COc1ccccc1C#CCNC(=O)c1ccc(=O)[nH]n1. The van der Waals surface area contributed by atoms with E-state index in [1.807, 2.05) is 24.3 Å². The summed E-state index contributed by atoms with van der Waals surface area (Å²) in [5.41, 5.74) is 0.521. The second-order valence-electron chi connectivity index (χ2n) is 3.99. The molecule has 2 aromatic rings. The molecule has 2 rings (SSSR count). The molecule has 1 aromatic heterocycles. The molecule has 1 heterocycles. The second-order valence-corrected chi connectivity index (χ2v) is 3.99. The highest BCUT2D eigenvalue weighted by atomic mass is 16.5. The average Bonchev–Trinajstić information content (AvgIpc) is 2.52. The Morgan fingerprint density at radius 3 is 2.86 bits per heavy atom. The fourth-order valence-corrected chi connectivity index (χ4v) is 1.57. The lowest BCUT2D eigenvalue weighted by Gasteiger charge is -2.01. The summed E-state index contributed by atoms with van der Waals surface area (Å²) in [6.45, 7) is 0.164. The molecule has 0 spiro atoms. The number of carbonyl (C=O) groups is 1. The molecule has 0 radical (unpaired) electrons. The van der Waals surface area contributed by atoms with Gasteiger partial charge in [0.1, 0.15) is 11.4 Å². The van der Waals surface area contributed by atoms with Crippen LogP contribution in [0.5, 0.6) is 5.75 Å². The van der Waals surface area contributed by atoms with Gasteiger partial charge in [-0.25, -0.2) is 5.10 Å². The number of carbonyl (C=O) groups excluding carboxylic acids is 1. The van der Waals surface area contributed by atoms with Crippen LogP contribution in [0.3, 0.4) is 0 Å². The van der Waals surface area contributed by atoms with Gasteiger partial charge in [0, 0.05) is 6.07 Å². The van der Waals surface area contributed by atoms with E-state index < -0.39 is 5.91 Å². The maximum atomic E-state index is 11.7. The van der Waals surface area contributed by atoms with Crippen molar-refractivity contribution in [2.75, 3.05) is 13.7 Å². The molecule has 0 aliphatic rings. The summed E-state index contributed by atoms with van der Waals surface area (Å²) >= 11 is 0. The molecule has 0 bridgehead atoms. The van der Waals surface area contributed by atoms with E-state index in [0.717, 1.165) is 5.56 Å². The van der Waals surface area contributed by atoms with E-state index in [1.54, 1.807) is 7.11 Å². The van der Waals surface area contributed by atoms with E-state index in [0.29, 0.717) is 5.75 Å². The second kappa shape index (κ2) is 6.91. The van der Waals surface area contributed by atoms with Gasteiger partial charge in [-0.05, 0) is 18.2 Å². The number of amides is 1. The number of methoxy groups -OCH3 is 1. The van der Waals surface area contributed by atoms with Crippen molar-refractivity contribution in [2.24, 2.45) is 0 Å². The number of para-hydroxylation sites is 1. The van der Waals surface area contributed by atoms with E-state index in [9.17, 15) is 9.59 Å². The molecule has 21 heavy (non-hydrogen) atoms. The smallest absolute Gasteiger partial charge is 0.272 e. The highest BCUT2D eigenvalue weighted by Gasteiger charge is 2.05. The van der Waals surface area contributed by atoms with Gasteiger partial charge in [0.05, 0.1) is 19.2 Å². The maximum absolute atomic E-state index is 11.7. The molecule has 0 unspecified atom stereocenters. The number of nitrogens with zero attached hydrogens (tertiary/aromatic N) is 1. The van der Waals surface area contributed by atoms with Crippen LogP contribution < -0.4 is 15.6 Å². The van der Waals surface area contributed by atoms with Crippen LogP contribution in [0.25, 0.3) is 0 Å². The van der Waals surface area contributed by atoms with Gasteiger partial charge < -0.3 is 10.1 Å². The highest BCUT2D eigenvalue weighted by Crippen LogP contribution is 2.15. The van der Waals surface area contributed by atoms with Crippen LogP contribution in [0.2, 0.25) is 0 Å². The summed E-state index contributed by atoms with van der Waals surface area (Å²) in [6, 6.07) is 9.94. The Bertz CT molecular complexity index is 736. The summed E-state index contributed by atoms with van der Waals surface area (Å²) in [5, 5.41) is 8.41. The number of aromatic nitrogens is 2. The Morgan fingerprint density at radius 1 is 1.33 bits per heavy atom. The third kappa shape index (κ3) is 3.94. The van der Waals surface area contributed by atoms with Gasteiger partial charge in [-0.15, -0.1) is 0 Å². The minimum absolute atomic E-state index is 0.133. The lowest BCUT2D eigenvalue weighted by Crippen LogP contribution is -2.26. The number of hydrogen-bond donors (Lipinski definition) is 2. The van der Waals surface area contributed by atoms with Crippen LogP contribution in [0.4, 0.5) is 0 Å². The van der Waals surface area contributed by atoms with Gasteiger partial charge in [-0.2, -0.15) is 5.10 Å². The van der Waals surface area contributed by atoms with E-state index in [4.69, 9.17) is 4.74 Å². The standard InChI is InChI=1S/C15H13N3O3/c1-21-13-7-3-2-5-11(13)6-4-10-16-15(20)12-8-9-14(19)18-17-12/h2-3,5,7-9H,10H2,1H3,(H,16,20)(H,18,19). The minimum atomic E-state index is -0.402. The third-order valence-electron chi connectivity index (χ3n) is 2.58. The minimum Gasteiger partial charge on any atom is -0.495 e. The first-order valence-corrected chi connectivity index (χ1v) is 6.16. The largest absolute Gasteiger partial charge is 0.495 e. The van der Waals surface area contributed by atoms with E-state index in [1.165, 1.54) is 12.1 Å². The van der Waals surface area contributed by atoms with Gasteiger partial charge in [0.2, 0.25) is 0 Å². The first kappa shape index (κ1) is 14.3. The molecule has 0 aliphatic heterocycles. The van der Waals surface area contributed by atoms with Crippen molar-refractivity contribution in [1.82, 2.24) is 15.5 Å². The van der Waals surface area contributed by atoms with E-state index in [2.05, 4.69) is 27.4 Å². The van der Waals surface area contributed by atoms with Crippen molar-refractivity contribution < 1.29 is 9.53 Å². The molecule has 1 amide bonds. The van der Waals surface area contributed by atoms with Crippen LogP contribution in [-0.2, 0) is 0 Å². The van der Waals surface area contributed by atoms with Gasteiger partial charge in [-0.1, -0.05) is 24.0 Å². The van der Waals surface area contributed by atoms with Gasteiger partial charge in [0.25, 0.3) is 11.5 Å². The normalized spacial score (nSPS) is 9.38. The monoisotopic (exact) mass is 283 g/mol. The Balaban J connectivity index is 1.96. The zero-order valence-corrected chi connectivity index (χ0v) is 11.3. The Hall–Kier alpha value is -3.07. The number of nitrogens with one attached hydrogen (secondary N) is 2. The molecule has 6 heteroatoms. The van der Waals surface area contributed by atoms with Crippen molar-refractivity contribution in [1.29, 1.82) is 0 Å². The number of aromatic amines is 1. The highest BCUT2D eigenvalue weighted by molar-refractivity contribution is 5.92. The van der Waals surface area contributed by atoms with Crippen LogP contribution in [-0.4, -0.2) is 29.8 Å². The zero-order chi connectivity index (χ0) is 15.1. The summed E-state index contributed by atoms with van der Waals surface area (Å²) in [4.78, 5) is 22.5. The van der Waals surface area contributed by atoms with Crippen LogP contribution >= 0.6 is 0 Å². The Morgan fingerprint density at radius 2 is 2.14 bits per heavy atom. The summed E-state index contributed by atoms with van der Waals surface area (Å²) in [5.74, 6) is 6.02. The topological polar surface area (TPSA) is 84.1 Å². The van der Waals surface area contributed by atoms with Crippen molar-refractivity contribution in [3.63, 3.8) is 0 Å². The Labute approximate surface area is 121 Å². The van der Waals surface area contributed by atoms with Gasteiger partial charge in [-0.3, -0.25) is 9.59 Å². The van der Waals surface area contributed by atoms with Crippen molar-refractivity contribution in [2.45, 2.75) is 0 Å². The van der Waals surface area contributed by atoms with Gasteiger partial charge >= 0.3 is 0 Å². The lowest BCUT2D eigenvalue weighted by molar-refractivity contribution is 0.0952. The van der Waals surface area contributed by atoms with Crippen LogP contribution in [0.1, 0.15) is 16.1 Å². The zero-order valence-electron chi connectivity index (χ0n) is 11.3. The van der Waals surface area contributed by atoms with Crippen LogP contribution in [0, 0.1) is 11.8 Å². The molecule has 2 N–H and O–H groups in total. The summed E-state index contributed by atoms with van der Waals surface area (Å²) in [6.07, 6.45) is 0. The first-order valence-electron chi connectivity index (χ1n) is 6.16.